The average Bonchev–Trinajstić information content (AvgIpc) is 2.82. The summed E-state index contributed by atoms with van der Waals surface area (Å²) in [6, 6.07) is 21.4. The summed E-state index contributed by atoms with van der Waals surface area (Å²) in [5.41, 5.74) is 4.64. The van der Waals surface area contributed by atoms with Gasteiger partial charge in [0.2, 0.25) is 0 Å². The molecule has 0 fully saturated rings. The zero-order chi connectivity index (χ0) is 22.5. The molecule has 0 spiro atoms. The number of anilines is 2. The van der Waals surface area contributed by atoms with Gasteiger partial charge in [-0.15, -0.1) is 0 Å². The number of hydrogen-bond donors (Lipinski definition) is 1. The van der Waals surface area contributed by atoms with E-state index in [1.807, 2.05) is 36.4 Å². The molecule has 0 radical (unpaired) electrons. The lowest BCUT2D eigenvalue weighted by Gasteiger charge is -2.25. The highest BCUT2D eigenvalue weighted by Gasteiger charge is 2.20. The normalized spacial score (nSPS) is 10.4. The van der Waals surface area contributed by atoms with Crippen molar-refractivity contribution < 1.29 is 19.1 Å². The Morgan fingerprint density at radius 3 is 2.25 bits per heavy atom. The lowest BCUT2D eigenvalue weighted by Crippen LogP contribution is -2.39. The second-order valence-electron chi connectivity index (χ2n) is 6.79. The minimum atomic E-state index is -0.488. The number of amides is 1. The molecule has 1 aromatic heterocycles. The van der Waals surface area contributed by atoms with Crippen LogP contribution in [-0.4, -0.2) is 29.0 Å². The number of hydrazine groups is 1. The molecule has 8 nitrogen and oxygen atoms in total. The summed E-state index contributed by atoms with van der Waals surface area (Å²) in [5.74, 6) is 0.192. The third-order valence-corrected chi connectivity index (χ3v) is 4.63. The Balaban J connectivity index is 1.85. The van der Waals surface area contributed by atoms with Crippen molar-refractivity contribution in [2.75, 3.05) is 12.1 Å². The van der Waals surface area contributed by atoms with Crippen molar-refractivity contribution in [1.82, 2.24) is 15.4 Å². The van der Waals surface area contributed by atoms with Crippen LogP contribution < -0.4 is 19.9 Å². The SMILES string of the molecule is COc1cc2ncnc(N(NC(=O)c3ccccc3)c3ccccc3)c2cc1OC(C)=O. The van der Waals surface area contributed by atoms with E-state index in [2.05, 4.69) is 15.4 Å². The topological polar surface area (TPSA) is 93.7 Å². The van der Waals surface area contributed by atoms with E-state index in [1.54, 1.807) is 41.4 Å². The Morgan fingerprint density at radius 1 is 0.906 bits per heavy atom. The standard InChI is InChI=1S/C24H20N4O4/c1-16(29)32-22-13-19-20(14-21(22)31-2)25-15-26-23(19)28(18-11-7-4-8-12-18)27-24(30)17-9-5-3-6-10-17/h3-15H,1-2H3,(H,27,30). The van der Waals surface area contributed by atoms with E-state index in [9.17, 15) is 9.59 Å². The molecule has 0 aliphatic rings. The van der Waals surface area contributed by atoms with Crippen molar-refractivity contribution in [3.8, 4) is 11.5 Å². The zero-order valence-electron chi connectivity index (χ0n) is 17.5. The summed E-state index contributed by atoms with van der Waals surface area (Å²) < 4.78 is 10.7. The largest absolute Gasteiger partial charge is 0.493 e. The summed E-state index contributed by atoms with van der Waals surface area (Å²) in [7, 11) is 1.48. The highest BCUT2D eigenvalue weighted by Crippen LogP contribution is 2.36. The first-order valence-corrected chi connectivity index (χ1v) is 9.79. The second-order valence-corrected chi connectivity index (χ2v) is 6.79. The summed E-state index contributed by atoms with van der Waals surface area (Å²) in [5, 5.41) is 2.13. The number of methoxy groups -OCH3 is 1. The Hall–Kier alpha value is -4.46. The van der Waals surface area contributed by atoms with E-state index in [4.69, 9.17) is 9.47 Å². The van der Waals surface area contributed by atoms with Crippen LogP contribution in [0.4, 0.5) is 11.5 Å². The van der Waals surface area contributed by atoms with Gasteiger partial charge in [-0.05, 0) is 30.3 Å². The van der Waals surface area contributed by atoms with Crippen molar-refractivity contribution in [2.45, 2.75) is 6.92 Å². The third-order valence-electron chi connectivity index (χ3n) is 4.63. The van der Waals surface area contributed by atoms with Crippen molar-refractivity contribution in [2.24, 2.45) is 0 Å². The first-order valence-electron chi connectivity index (χ1n) is 9.79. The van der Waals surface area contributed by atoms with Crippen LogP contribution in [0.3, 0.4) is 0 Å². The number of hydrogen-bond acceptors (Lipinski definition) is 7. The van der Waals surface area contributed by atoms with E-state index in [-0.39, 0.29) is 11.7 Å². The van der Waals surface area contributed by atoms with Gasteiger partial charge >= 0.3 is 5.97 Å². The molecule has 3 aromatic carbocycles. The van der Waals surface area contributed by atoms with Gasteiger partial charge in [-0.25, -0.2) is 15.0 Å². The fourth-order valence-corrected chi connectivity index (χ4v) is 3.20. The number of fused-ring (bicyclic) bond motifs is 1. The lowest BCUT2D eigenvalue weighted by molar-refractivity contribution is -0.132. The van der Waals surface area contributed by atoms with Crippen molar-refractivity contribution >= 4 is 34.3 Å². The number of esters is 1. The summed E-state index contributed by atoms with van der Waals surface area (Å²) in [6.07, 6.45) is 1.40. The number of ether oxygens (including phenoxy) is 2. The Morgan fingerprint density at radius 2 is 1.59 bits per heavy atom. The Labute approximate surface area is 184 Å². The molecule has 1 N–H and O–H groups in total. The second kappa shape index (κ2) is 9.13. The summed E-state index contributed by atoms with van der Waals surface area (Å²) >= 11 is 0. The van der Waals surface area contributed by atoms with E-state index in [0.29, 0.717) is 33.7 Å². The van der Waals surface area contributed by atoms with Gasteiger partial charge in [0, 0.05) is 23.9 Å². The number of carbonyl (C=O) groups excluding carboxylic acids is 2. The van der Waals surface area contributed by atoms with Crippen molar-refractivity contribution in [3.63, 3.8) is 0 Å². The van der Waals surface area contributed by atoms with Crippen LogP contribution in [0.15, 0.2) is 79.1 Å². The highest BCUT2D eigenvalue weighted by atomic mass is 16.6. The Kier molecular flexibility index (Phi) is 5.94. The molecule has 0 aliphatic heterocycles. The van der Waals surface area contributed by atoms with E-state index >= 15 is 0 Å². The molecule has 8 heteroatoms. The van der Waals surface area contributed by atoms with Gasteiger partial charge in [-0.3, -0.25) is 15.0 Å². The number of carbonyl (C=O) groups is 2. The number of benzene rings is 3. The predicted molar refractivity (Wildman–Crippen MR) is 120 cm³/mol. The fraction of sp³-hybridized carbons (Fsp3) is 0.0833. The maximum absolute atomic E-state index is 13.0. The molecular weight excluding hydrogens is 408 g/mol. The number of rotatable bonds is 6. The van der Waals surface area contributed by atoms with Crippen LogP contribution in [-0.2, 0) is 4.79 Å². The molecule has 0 saturated heterocycles. The van der Waals surface area contributed by atoms with Crippen LogP contribution in [0.2, 0.25) is 0 Å². The van der Waals surface area contributed by atoms with Crippen LogP contribution in [0.5, 0.6) is 11.5 Å². The first-order chi connectivity index (χ1) is 15.6. The van der Waals surface area contributed by atoms with Gasteiger partial charge in [-0.2, -0.15) is 0 Å². The molecule has 0 atom stereocenters. The summed E-state index contributed by atoms with van der Waals surface area (Å²) in [4.78, 5) is 33.3. The molecule has 4 rings (SSSR count). The molecule has 4 aromatic rings. The summed E-state index contributed by atoms with van der Waals surface area (Å²) in [6.45, 7) is 1.31. The smallest absolute Gasteiger partial charge is 0.308 e. The monoisotopic (exact) mass is 428 g/mol. The number of nitrogens with one attached hydrogen (secondary N) is 1. The highest BCUT2D eigenvalue weighted by molar-refractivity contribution is 5.99. The molecule has 1 amide bonds. The van der Waals surface area contributed by atoms with Crippen molar-refractivity contribution in [3.05, 3.63) is 84.7 Å². The van der Waals surface area contributed by atoms with Crippen LogP contribution in [0.1, 0.15) is 17.3 Å². The molecule has 1 heterocycles. The van der Waals surface area contributed by atoms with Gasteiger partial charge in [0.1, 0.15) is 6.33 Å². The van der Waals surface area contributed by atoms with Crippen molar-refractivity contribution in [1.29, 1.82) is 0 Å². The van der Waals surface area contributed by atoms with Gasteiger partial charge in [0.25, 0.3) is 5.91 Å². The minimum Gasteiger partial charge on any atom is -0.493 e. The number of aromatic nitrogens is 2. The number of para-hydroxylation sites is 1. The fourth-order valence-electron chi connectivity index (χ4n) is 3.20. The first kappa shape index (κ1) is 20.8. The lowest BCUT2D eigenvalue weighted by atomic mass is 10.2. The maximum Gasteiger partial charge on any atom is 0.308 e. The molecule has 160 valence electrons. The Bertz CT molecular complexity index is 1260. The van der Waals surface area contributed by atoms with E-state index < -0.39 is 5.97 Å². The van der Waals surface area contributed by atoms with Gasteiger partial charge in [0.05, 0.1) is 18.3 Å². The maximum atomic E-state index is 13.0. The van der Waals surface area contributed by atoms with Gasteiger partial charge < -0.3 is 9.47 Å². The molecule has 0 aliphatic carbocycles. The van der Waals surface area contributed by atoms with Crippen LogP contribution in [0.25, 0.3) is 10.9 Å². The quantitative estimate of drug-likeness (QED) is 0.281. The minimum absolute atomic E-state index is 0.228. The van der Waals surface area contributed by atoms with Gasteiger partial charge in [0.15, 0.2) is 17.3 Å². The van der Waals surface area contributed by atoms with E-state index in [0.717, 1.165) is 0 Å². The number of nitrogens with zero attached hydrogens (tertiary/aromatic N) is 3. The molecule has 32 heavy (non-hydrogen) atoms. The van der Waals surface area contributed by atoms with Crippen LogP contribution >= 0.6 is 0 Å². The van der Waals surface area contributed by atoms with Gasteiger partial charge in [-0.1, -0.05) is 36.4 Å². The molecule has 0 unspecified atom stereocenters. The predicted octanol–water partition coefficient (Wildman–Crippen LogP) is 4.05. The zero-order valence-corrected chi connectivity index (χ0v) is 17.5. The van der Waals surface area contributed by atoms with Crippen LogP contribution in [0, 0.1) is 0 Å². The third kappa shape index (κ3) is 4.34. The van der Waals surface area contributed by atoms with E-state index in [1.165, 1.54) is 20.4 Å². The molecule has 0 saturated carbocycles. The average molecular weight is 428 g/mol. The molecular formula is C24H20N4O4. The molecule has 0 bridgehead atoms.